The highest BCUT2D eigenvalue weighted by Gasteiger charge is 2.57. The van der Waals surface area contributed by atoms with E-state index in [0.717, 1.165) is 63.1 Å². The third-order valence-electron chi connectivity index (χ3n) is 14.4. The standard InChI is InChI=1S/C53H60F7N9O8/c1-50(2,52(55,56)57)44(65-49(75)76-5)46(71)63-41(22-32-12-9-31(10-13-32)11-14-33-15-20-43(62-24-33)67-26-36-18-19-37(27-67)69(36)38-29-77-30-38)42(70)28-68(66-47(72)45(64-48(73)74)51(3,4)53(58,59)60)25-35-17-16-34(23-39(35)54)40-8-6-7-21-61-40/h6-10,12-13,15-17,20-21,23-24,36-38,41-42,44-45,64,70H,18-19,22,25-30H2,1-5H3,(H,63,71)(H,65,75)(H,66,72)(H,73,74). The number of carbonyl (C=O) groups excluding carboxylic acids is 3. The van der Waals surface area contributed by atoms with Crippen LogP contribution in [0, 0.1) is 28.5 Å². The Kier molecular flexibility index (Phi) is 17.7. The molecule has 17 nitrogen and oxygen atoms in total. The van der Waals surface area contributed by atoms with Crippen molar-refractivity contribution >= 4 is 29.8 Å². The number of benzene rings is 2. The van der Waals surface area contributed by atoms with Gasteiger partial charge in [0.05, 0.1) is 55.0 Å². The smallest absolute Gasteiger partial charge is 0.407 e. The van der Waals surface area contributed by atoms with Crippen LogP contribution in [0.25, 0.3) is 11.3 Å². The van der Waals surface area contributed by atoms with Crippen LogP contribution in [0.3, 0.4) is 0 Å². The minimum atomic E-state index is -5.17. The lowest BCUT2D eigenvalue weighted by Gasteiger charge is -2.47. The molecule has 3 aliphatic rings. The van der Waals surface area contributed by atoms with E-state index in [1.54, 1.807) is 54.0 Å². The summed E-state index contributed by atoms with van der Waals surface area (Å²) in [7, 11) is 0.862. The molecule has 6 atom stereocenters. The maximum atomic E-state index is 16.0. The van der Waals surface area contributed by atoms with E-state index in [9.17, 15) is 55.7 Å². The van der Waals surface area contributed by atoms with Crippen molar-refractivity contribution in [3.05, 3.63) is 113 Å². The topological polar surface area (TPSA) is 211 Å². The molecule has 414 valence electrons. The number of carboxylic acid groups (broad SMARTS) is 1. The number of alkyl carbamates (subject to hydrolysis) is 1. The van der Waals surface area contributed by atoms with Gasteiger partial charge in [0, 0.05) is 72.9 Å². The Morgan fingerprint density at radius 2 is 1.43 bits per heavy atom. The number of hydrogen-bond acceptors (Lipinski definition) is 12. The summed E-state index contributed by atoms with van der Waals surface area (Å²) >= 11 is 0. The van der Waals surface area contributed by atoms with E-state index in [0.29, 0.717) is 73.8 Å². The van der Waals surface area contributed by atoms with Gasteiger partial charge in [0.1, 0.15) is 23.7 Å². The quantitative estimate of drug-likeness (QED) is 0.0374. The average Bonchev–Trinajstić information content (AvgIpc) is 3.64. The summed E-state index contributed by atoms with van der Waals surface area (Å²) in [5, 5.41) is 28.2. The molecule has 7 rings (SSSR count). The largest absolute Gasteiger partial charge is 0.465 e. The minimum absolute atomic E-state index is 0.200. The van der Waals surface area contributed by atoms with E-state index in [4.69, 9.17) is 9.72 Å². The van der Waals surface area contributed by atoms with Gasteiger partial charge < -0.3 is 40.5 Å². The highest BCUT2D eigenvalue weighted by atomic mass is 19.4. The molecule has 77 heavy (non-hydrogen) atoms. The summed E-state index contributed by atoms with van der Waals surface area (Å²) in [5.41, 5.74) is -1.87. The number of pyridine rings is 2. The summed E-state index contributed by atoms with van der Waals surface area (Å²) in [5.74, 6) is 3.03. The predicted molar refractivity (Wildman–Crippen MR) is 266 cm³/mol. The number of piperazine rings is 1. The van der Waals surface area contributed by atoms with E-state index >= 15 is 4.39 Å². The number of aromatic nitrogens is 2. The molecule has 24 heteroatoms. The lowest BCUT2D eigenvalue weighted by Crippen LogP contribution is -2.63. The second-order valence-electron chi connectivity index (χ2n) is 20.4. The van der Waals surface area contributed by atoms with Gasteiger partial charge in [-0.2, -0.15) is 26.3 Å². The number of anilines is 1. The van der Waals surface area contributed by atoms with Crippen LogP contribution in [0.1, 0.15) is 62.8 Å². The molecule has 0 radical (unpaired) electrons. The number of methoxy groups -OCH3 is 1. The Labute approximate surface area is 439 Å². The zero-order valence-corrected chi connectivity index (χ0v) is 42.7. The molecule has 0 aliphatic carbocycles. The second-order valence-corrected chi connectivity index (χ2v) is 20.4. The number of nitrogens with one attached hydrogen (secondary N) is 4. The number of hydrazine groups is 1. The van der Waals surface area contributed by atoms with Gasteiger partial charge in [0.15, 0.2) is 0 Å². The highest BCUT2D eigenvalue weighted by Crippen LogP contribution is 2.42. The molecule has 0 saturated carbocycles. The van der Waals surface area contributed by atoms with Gasteiger partial charge in [0.25, 0.3) is 5.91 Å². The Balaban J connectivity index is 1.15. The predicted octanol–water partition coefficient (Wildman–Crippen LogP) is 6.19. The minimum Gasteiger partial charge on any atom is -0.465 e. The fourth-order valence-electron chi connectivity index (χ4n) is 9.51. The van der Waals surface area contributed by atoms with Gasteiger partial charge in [-0.15, -0.1) is 0 Å². The summed E-state index contributed by atoms with van der Waals surface area (Å²) in [4.78, 5) is 65.9. The average molecular weight is 1080 g/mol. The van der Waals surface area contributed by atoms with E-state index < -0.39 is 90.3 Å². The summed E-state index contributed by atoms with van der Waals surface area (Å²) in [6.07, 6.45) is -10.6. The number of ether oxygens (including phenoxy) is 2. The van der Waals surface area contributed by atoms with Crippen molar-refractivity contribution < 1.29 is 69.6 Å². The number of carbonyl (C=O) groups is 4. The maximum absolute atomic E-state index is 16.0. The Morgan fingerprint density at radius 3 is 1.96 bits per heavy atom. The van der Waals surface area contributed by atoms with Crippen molar-refractivity contribution in [2.75, 3.05) is 44.9 Å². The lowest BCUT2D eigenvalue weighted by atomic mass is 9.82. The molecule has 2 aromatic heterocycles. The number of hydrogen-bond donors (Lipinski definition) is 6. The molecule has 0 spiro atoms. The van der Waals surface area contributed by atoms with Gasteiger partial charge in [0.2, 0.25) is 5.91 Å². The van der Waals surface area contributed by atoms with Crippen molar-refractivity contribution in [3.8, 4) is 23.1 Å². The van der Waals surface area contributed by atoms with Gasteiger partial charge in [-0.3, -0.25) is 24.9 Å². The lowest BCUT2D eigenvalue weighted by molar-refractivity contribution is -0.221. The number of nitrogens with zero attached hydrogens (tertiary/aromatic N) is 5. The molecule has 4 amide bonds. The van der Waals surface area contributed by atoms with Crippen LogP contribution in [-0.4, -0.2) is 149 Å². The first-order valence-electron chi connectivity index (χ1n) is 24.6. The fraction of sp³-hybridized carbons (Fsp3) is 0.472. The number of rotatable bonds is 18. The summed E-state index contributed by atoms with van der Waals surface area (Å²) in [6.45, 7) is 4.10. The van der Waals surface area contributed by atoms with Crippen LogP contribution in [0.2, 0.25) is 0 Å². The Bertz CT molecular complexity index is 2780. The second kappa shape index (κ2) is 23.7. The first kappa shape index (κ1) is 57.6. The first-order chi connectivity index (χ1) is 36.2. The molecular weight excluding hydrogens is 1020 g/mol. The number of fused-ring (bicyclic) bond motifs is 2. The zero-order chi connectivity index (χ0) is 56.0. The molecule has 6 unspecified atom stereocenters. The normalized spacial score (nSPS) is 18.7. The molecule has 4 aromatic rings. The third kappa shape index (κ3) is 13.7. The Morgan fingerprint density at radius 1 is 0.805 bits per heavy atom. The number of alkyl halides is 6. The number of amides is 4. The van der Waals surface area contributed by atoms with Crippen molar-refractivity contribution in [3.63, 3.8) is 0 Å². The van der Waals surface area contributed by atoms with E-state index in [1.807, 2.05) is 17.4 Å². The van der Waals surface area contributed by atoms with Crippen molar-refractivity contribution in [1.82, 2.24) is 41.3 Å². The van der Waals surface area contributed by atoms with Crippen LogP contribution in [0.15, 0.2) is 85.2 Å². The van der Waals surface area contributed by atoms with E-state index in [-0.39, 0.29) is 12.0 Å². The SMILES string of the molecule is COC(=O)NC(C(=O)NC(Cc1ccc(C#Cc2ccc(N3CC4CCC(C3)N4C3COC3)nc2)cc1)C(O)CN(Cc1ccc(-c2ccccn2)cc1F)NC(=O)C(NC(=O)O)C(C)(C)C(F)(F)F)C(C)(C)C(F)(F)F. The third-order valence-corrected chi connectivity index (χ3v) is 14.4. The van der Waals surface area contributed by atoms with E-state index in [1.165, 1.54) is 18.3 Å². The monoisotopic (exact) mass is 1080 g/mol. The molecule has 2 aromatic carbocycles. The van der Waals surface area contributed by atoms with Gasteiger partial charge in [-0.25, -0.2) is 24.0 Å². The van der Waals surface area contributed by atoms with Gasteiger partial charge >= 0.3 is 24.5 Å². The van der Waals surface area contributed by atoms with Crippen LogP contribution < -0.4 is 26.3 Å². The molecular formula is C53H60F7N9O8. The number of aliphatic hydroxyl groups is 1. The molecule has 3 saturated heterocycles. The van der Waals surface area contributed by atoms with Gasteiger partial charge in [-0.1, -0.05) is 42.2 Å². The van der Waals surface area contributed by atoms with Gasteiger partial charge in [-0.05, 0) is 95.0 Å². The zero-order valence-electron chi connectivity index (χ0n) is 42.7. The number of aliphatic hydroxyl groups excluding tert-OH is 1. The molecule has 2 bridgehead atoms. The maximum Gasteiger partial charge on any atom is 0.407 e. The molecule has 3 fully saturated rings. The first-order valence-corrected chi connectivity index (χ1v) is 24.6. The van der Waals surface area contributed by atoms with Crippen molar-refractivity contribution in [1.29, 1.82) is 0 Å². The molecule has 6 N–H and O–H groups in total. The summed E-state index contributed by atoms with van der Waals surface area (Å²) < 4.78 is 113. The highest BCUT2D eigenvalue weighted by molar-refractivity contribution is 5.87. The number of halogens is 7. The Hall–Kier alpha value is -7.07. The van der Waals surface area contributed by atoms with Crippen molar-refractivity contribution in [2.45, 2.75) is 108 Å². The fourth-order valence-corrected chi connectivity index (χ4v) is 9.51. The van der Waals surface area contributed by atoms with Crippen LogP contribution in [0.4, 0.5) is 46.1 Å². The van der Waals surface area contributed by atoms with E-state index in [2.05, 4.69) is 42.1 Å². The van der Waals surface area contributed by atoms with Crippen molar-refractivity contribution in [2.24, 2.45) is 10.8 Å². The van der Waals surface area contributed by atoms with Crippen LogP contribution in [-0.2, 0) is 32.0 Å². The van der Waals surface area contributed by atoms with Crippen LogP contribution in [0.5, 0.6) is 0 Å². The molecule has 5 heterocycles. The summed E-state index contributed by atoms with van der Waals surface area (Å²) in [6, 6.07) is 13.6. The van der Waals surface area contributed by atoms with Crippen LogP contribution >= 0.6 is 0 Å². The molecule has 3 aliphatic heterocycles.